The van der Waals surface area contributed by atoms with Gasteiger partial charge in [0.25, 0.3) is 5.91 Å². The summed E-state index contributed by atoms with van der Waals surface area (Å²) in [4.78, 5) is 37.2. The highest BCUT2D eigenvalue weighted by Gasteiger charge is 2.20. The number of esters is 1. The summed E-state index contributed by atoms with van der Waals surface area (Å²) in [5.41, 5.74) is 1.34. The molecule has 2 N–H and O–H groups in total. The van der Waals surface area contributed by atoms with E-state index in [0.29, 0.717) is 39.4 Å². The Bertz CT molecular complexity index is 1230. The van der Waals surface area contributed by atoms with Gasteiger partial charge < -0.3 is 19.9 Å². The third-order valence-corrected chi connectivity index (χ3v) is 6.18. The fourth-order valence-electron chi connectivity index (χ4n) is 3.30. The zero-order valence-corrected chi connectivity index (χ0v) is 22.0. The second kappa shape index (κ2) is 12.5. The van der Waals surface area contributed by atoms with Crippen molar-refractivity contribution in [3.63, 3.8) is 0 Å². The first-order chi connectivity index (χ1) is 17.2. The van der Waals surface area contributed by atoms with Gasteiger partial charge in [-0.2, -0.15) is 0 Å². The Labute approximate surface area is 219 Å². The van der Waals surface area contributed by atoms with Gasteiger partial charge in [0.15, 0.2) is 11.0 Å². The largest absolute Gasteiger partial charge is 0.459 e. The number of nitrogens with one attached hydrogen (secondary N) is 2. The maximum absolute atomic E-state index is 12.6. The second-order valence-corrected chi connectivity index (χ2v) is 9.54. The molecular formula is C25H28ClN5O4S. The highest BCUT2D eigenvalue weighted by molar-refractivity contribution is 7.99. The lowest BCUT2D eigenvalue weighted by Crippen LogP contribution is -2.28. The number of thioether (sulfide) groups is 1. The molecule has 0 unspecified atom stereocenters. The number of amides is 2. The van der Waals surface area contributed by atoms with E-state index in [2.05, 4.69) is 20.8 Å². The van der Waals surface area contributed by atoms with Crippen LogP contribution in [0.3, 0.4) is 0 Å². The van der Waals surface area contributed by atoms with Gasteiger partial charge in [0.05, 0.1) is 23.5 Å². The lowest BCUT2D eigenvalue weighted by atomic mass is 10.2. The molecule has 0 radical (unpaired) electrons. The number of hydrogen-bond donors (Lipinski definition) is 2. The summed E-state index contributed by atoms with van der Waals surface area (Å²) in [5.74, 6) is -0.288. The summed E-state index contributed by atoms with van der Waals surface area (Å²) in [6.45, 7) is 7.87. The van der Waals surface area contributed by atoms with Gasteiger partial charge in [-0.05, 0) is 70.2 Å². The quantitative estimate of drug-likeness (QED) is 0.288. The van der Waals surface area contributed by atoms with E-state index >= 15 is 0 Å². The number of benzene rings is 2. The van der Waals surface area contributed by atoms with Crippen molar-refractivity contribution < 1.29 is 19.1 Å². The predicted molar refractivity (Wildman–Crippen MR) is 139 cm³/mol. The van der Waals surface area contributed by atoms with Crippen molar-refractivity contribution in [1.82, 2.24) is 20.1 Å². The normalized spacial score (nSPS) is 11.7. The summed E-state index contributed by atoms with van der Waals surface area (Å²) < 4.78 is 7.05. The van der Waals surface area contributed by atoms with Crippen molar-refractivity contribution in [3.05, 3.63) is 70.5 Å². The summed E-state index contributed by atoms with van der Waals surface area (Å²) in [6, 6.07) is 12.8. The van der Waals surface area contributed by atoms with E-state index in [-0.39, 0.29) is 23.7 Å². The van der Waals surface area contributed by atoms with Gasteiger partial charge in [-0.15, -0.1) is 10.2 Å². The van der Waals surface area contributed by atoms with Crippen molar-refractivity contribution in [3.8, 4) is 0 Å². The Morgan fingerprint density at radius 1 is 1.06 bits per heavy atom. The molecule has 2 aromatic carbocycles. The molecule has 36 heavy (non-hydrogen) atoms. The van der Waals surface area contributed by atoms with E-state index in [1.54, 1.807) is 62.4 Å². The highest BCUT2D eigenvalue weighted by atomic mass is 35.5. The third-order valence-electron chi connectivity index (χ3n) is 4.96. The monoisotopic (exact) mass is 529 g/mol. The molecule has 0 bridgehead atoms. The van der Waals surface area contributed by atoms with E-state index in [0.717, 1.165) is 0 Å². The Balaban J connectivity index is 1.60. The molecule has 0 aliphatic rings. The maximum atomic E-state index is 12.6. The fraction of sp³-hybridized carbons (Fsp3) is 0.320. The zero-order chi connectivity index (χ0) is 26.2. The molecule has 0 spiro atoms. The van der Waals surface area contributed by atoms with Gasteiger partial charge in [-0.1, -0.05) is 29.4 Å². The molecule has 0 saturated carbocycles. The number of ether oxygens (including phenoxy) is 1. The van der Waals surface area contributed by atoms with Crippen LogP contribution in [0.1, 0.15) is 60.3 Å². The number of aromatic nitrogens is 3. The summed E-state index contributed by atoms with van der Waals surface area (Å²) in [5, 5.41) is 15.3. The Morgan fingerprint density at radius 2 is 1.78 bits per heavy atom. The van der Waals surface area contributed by atoms with Gasteiger partial charge in [0.1, 0.15) is 0 Å². The average molecular weight is 530 g/mol. The molecule has 3 rings (SSSR count). The second-order valence-electron chi connectivity index (χ2n) is 8.16. The number of rotatable bonds is 10. The minimum absolute atomic E-state index is 0.0876. The van der Waals surface area contributed by atoms with Crippen LogP contribution in [0.15, 0.2) is 53.7 Å². The van der Waals surface area contributed by atoms with E-state index < -0.39 is 12.0 Å². The van der Waals surface area contributed by atoms with Crippen molar-refractivity contribution in [2.75, 3.05) is 11.1 Å². The Hall–Kier alpha value is -3.37. The molecule has 2 amide bonds. The number of carbonyl (C=O) groups is 3. The number of carbonyl (C=O) groups excluding carboxylic acids is 3. The smallest absolute Gasteiger partial charge is 0.338 e. The lowest BCUT2D eigenvalue weighted by molar-refractivity contribution is -0.113. The van der Waals surface area contributed by atoms with Crippen LogP contribution in [-0.2, 0) is 16.1 Å². The van der Waals surface area contributed by atoms with E-state index in [4.69, 9.17) is 16.3 Å². The Kier molecular flexibility index (Phi) is 9.49. The molecule has 0 aliphatic carbocycles. The van der Waals surface area contributed by atoms with Crippen LogP contribution >= 0.6 is 23.4 Å². The molecule has 1 aromatic heterocycles. The van der Waals surface area contributed by atoms with Gasteiger partial charge in [0.2, 0.25) is 5.91 Å². The first-order valence-electron chi connectivity index (χ1n) is 11.4. The molecule has 0 fully saturated rings. The van der Waals surface area contributed by atoms with Gasteiger partial charge in [-0.3, -0.25) is 9.59 Å². The number of anilines is 1. The van der Waals surface area contributed by atoms with Crippen molar-refractivity contribution in [2.45, 2.75) is 51.5 Å². The molecular weight excluding hydrogens is 502 g/mol. The number of hydrogen-bond acceptors (Lipinski definition) is 7. The van der Waals surface area contributed by atoms with Crippen LogP contribution in [-0.4, -0.2) is 44.4 Å². The Morgan fingerprint density at radius 3 is 2.44 bits per heavy atom. The number of halogens is 1. The van der Waals surface area contributed by atoms with Crippen LogP contribution in [0, 0.1) is 0 Å². The lowest BCUT2D eigenvalue weighted by Gasteiger charge is -2.15. The standard InChI is InChI=1S/C25H28ClN5O4S/c1-5-31-22(16(4)27-23(33)17-9-11-19(26)12-10-17)29-30-25(31)36-14-21(32)28-20-8-6-7-18(13-20)24(34)35-15(2)3/h6-13,15-16H,5,14H2,1-4H3,(H,27,33)(H,28,32)/t16-/m0/s1. The molecule has 9 nitrogen and oxygen atoms in total. The minimum Gasteiger partial charge on any atom is -0.459 e. The summed E-state index contributed by atoms with van der Waals surface area (Å²) in [7, 11) is 0. The van der Waals surface area contributed by atoms with Crippen molar-refractivity contribution in [1.29, 1.82) is 0 Å². The molecule has 3 aromatic rings. The minimum atomic E-state index is -0.448. The van der Waals surface area contributed by atoms with Crippen molar-refractivity contribution >= 4 is 46.8 Å². The average Bonchev–Trinajstić information content (AvgIpc) is 3.26. The molecule has 0 saturated heterocycles. The van der Waals surface area contributed by atoms with Crippen molar-refractivity contribution in [2.24, 2.45) is 0 Å². The summed E-state index contributed by atoms with van der Waals surface area (Å²) >= 11 is 7.12. The van der Waals surface area contributed by atoms with E-state index in [9.17, 15) is 14.4 Å². The van der Waals surface area contributed by atoms with Crippen LogP contribution in [0.4, 0.5) is 5.69 Å². The first-order valence-corrected chi connectivity index (χ1v) is 12.8. The van der Waals surface area contributed by atoms with Crippen LogP contribution in [0.25, 0.3) is 0 Å². The molecule has 1 heterocycles. The molecule has 0 aliphatic heterocycles. The molecule has 190 valence electrons. The van der Waals surface area contributed by atoms with Gasteiger partial charge >= 0.3 is 5.97 Å². The molecule has 1 atom stereocenters. The maximum Gasteiger partial charge on any atom is 0.338 e. The van der Waals surface area contributed by atoms with E-state index in [1.165, 1.54) is 11.8 Å². The molecule has 11 heteroatoms. The fourth-order valence-corrected chi connectivity index (χ4v) is 4.24. The van der Waals surface area contributed by atoms with Crippen LogP contribution in [0.5, 0.6) is 0 Å². The third kappa shape index (κ3) is 7.32. The van der Waals surface area contributed by atoms with Gasteiger partial charge in [-0.25, -0.2) is 4.79 Å². The summed E-state index contributed by atoms with van der Waals surface area (Å²) in [6.07, 6.45) is -0.235. The van der Waals surface area contributed by atoms with Crippen LogP contribution < -0.4 is 10.6 Å². The van der Waals surface area contributed by atoms with Gasteiger partial charge in [0, 0.05) is 22.8 Å². The topological polar surface area (TPSA) is 115 Å². The highest BCUT2D eigenvalue weighted by Crippen LogP contribution is 2.22. The number of nitrogens with zero attached hydrogens (tertiary/aromatic N) is 3. The SMILES string of the molecule is CCn1c(SCC(=O)Nc2cccc(C(=O)OC(C)C)c2)nnc1[C@H](C)NC(=O)c1ccc(Cl)cc1. The predicted octanol–water partition coefficient (Wildman–Crippen LogP) is 4.74. The zero-order valence-electron chi connectivity index (χ0n) is 20.4. The van der Waals surface area contributed by atoms with E-state index in [1.807, 2.05) is 18.4 Å². The first kappa shape index (κ1) is 27.2. The van der Waals surface area contributed by atoms with Crippen LogP contribution in [0.2, 0.25) is 5.02 Å².